The molecule has 3 aromatic rings. The maximum absolute atomic E-state index is 14.0. The molecule has 0 unspecified atom stereocenters. The molecule has 0 aliphatic rings. The Morgan fingerprint density at radius 3 is 2.12 bits per heavy atom. The third-order valence-corrected chi connectivity index (χ3v) is 8.94. The van der Waals surface area contributed by atoms with E-state index in [2.05, 4.69) is 21.2 Å². The number of hydrogen-bond donors (Lipinski definition) is 1. The van der Waals surface area contributed by atoms with Gasteiger partial charge in [-0.1, -0.05) is 41.4 Å². The summed E-state index contributed by atoms with van der Waals surface area (Å²) in [6, 6.07) is 19.0. The molecule has 1 N–H and O–H groups in total. The van der Waals surface area contributed by atoms with Crippen molar-refractivity contribution in [3.05, 3.63) is 82.8 Å². The molecular weight excluding hydrogens is 622 g/mol. The first kappa shape index (κ1) is 32.9. The molecule has 0 saturated carbocycles. The quantitative estimate of drug-likeness (QED) is 0.220. The number of nitrogens with one attached hydrogen (secondary N) is 1. The van der Waals surface area contributed by atoms with Gasteiger partial charge in [0.05, 0.1) is 24.3 Å². The molecule has 9 nitrogen and oxygen atoms in total. The van der Waals surface area contributed by atoms with Gasteiger partial charge in [0, 0.05) is 17.6 Å². The SMILES string of the molecule is CCCCNC(=O)[C@@H](C)N(Cc1ccc(OC)cc1)C(=O)CN(c1ccc(OCC)cc1)S(=O)(=O)c1ccc(Br)cc1. The highest BCUT2D eigenvalue weighted by atomic mass is 79.9. The van der Waals surface area contributed by atoms with E-state index in [1.54, 1.807) is 62.6 Å². The van der Waals surface area contributed by atoms with Crippen molar-refractivity contribution in [2.45, 2.75) is 51.1 Å². The number of unbranched alkanes of at least 4 members (excludes halogenated alkanes) is 1. The van der Waals surface area contributed by atoms with Gasteiger partial charge in [-0.15, -0.1) is 0 Å². The lowest BCUT2D eigenvalue weighted by atomic mass is 10.1. The molecule has 0 aliphatic carbocycles. The second kappa shape index (κ2) is 15.6. The summed E-state index contributed by atoms with van der Waals surface area (Å²) < 4.78 is 40.4. The molecule has 0 heterocycles. The molecule has 0 aromatic heterocycles. The van der Waals surface area contributed by atoms with Crippen LogP contribution in [0.25, 0.3) is 0 Å². The van der Waals surface area contributed by atoms with Crippen molar-refractivity contribution in [3.8, 4) is 11.5 Å². The van der Waals surface area contributed by atoms with Gasteiger partial charge in [0.15, 0.2) is 0 Å². The van der Waals surface area contributed by atoms with Gasteiger partial charge in [0.2, 0.25) is 11.8 Å². The first-order valence-corrected chi connectivity index (χ1v) is 16.0. The van der Waals surface area contributed by atoms with Gasteiger partial charge < -0.3 is 19.7 Å². The van der Waals surface area contributed by atoms with E-state index in [1.807, 2.05) is 26.0 Å². The summed E-state index contributed by atoms with van der Waals surface area (Å²) >= 11 is 3.34. The van der Waals surface area contributed by atoms with Gasteiger partial charge in [-0.25, -0.2) is 8.42 Å². The molecule has 2 amide bonds. The number of sulfonamides is 1. The van der Waals surface area contributed by atoms with Crippen LogP contribution in [-0.4, -0.2) is 58.0 Å². The zero-order valence-corrected chi connectivity index (χ0v) is 26.8. The highest BCUT2D eigenvalue weighted by Crippen LogP contribution is 2.27. The van der Waals surface area contributed by atoms with Crippen LogP contribution in [0, 0.1) is 0 Å². The smallest absolute Gasteiger partial charge is 0.264 e. The number of halogens is 1. The Bertz CT molecular complexity index is 1410. The summed E-state index contributed by atoms with van der Waals surface area (Å²) in [7, 11) is -2.60. The van der Waals surface area contributed by atoms with Crippen molar-refractivity contribution in [2.24, 2.45) is 0 Å². The molecule has 0 radical (unpaired) electrons. The zero-order chi connectivity index (χ0) is 30.7. The maximum Gasteiger partial charge on any atom is 0.264 e. The topological polar surface area (TPSA) is 105 Å². The Kier molecular flexibility index (Phi) is 12.2. The number of amides is 2. The molecule has 0 aliphatic heterocycles. The van der Waals surface area contributed by atoms with Crippen LogP contribution in [0.1, 0.15) is 39.2 Å². The summed E-state index contributed by atoms with van der Waals surface area (Å²) in [6.07, 6.45) is 1.72. The van der Waals surface area contributed by atoms with Gasteiger partial charge in [0.25, 0.3) is 10.0 Å². The molecule has 0 bridgehead atoms. The normalized spacial score (nSPS) is 11.8. The number of carbonyl (C=O) groups excluding carboxylic acids is 2. The van der Waals surface area contributed by atoms with Crippen LogP contribution in [0.4, 0.5) is 5.69 Å². The van der Waals surface area contributed by atoms with Crippen molar-refractivity contribution >= 4 is 43.5 Å². The maximum atomic E-state index is 14.0. The fraction of sp³-hybridized carbons (Fsp3) is 0.355. The molecule has 0 spiro atoms. The number of rotatable bonds is 15. The Morgan fingerprint density at radius 1 is 0.929 bits per heavy atom. The third kappa shape index (κ3) is 8.72. The Balaban J connectivity index is 2.00. The average molecular weight is 661 g/mol. The fourth-order valence-corrected chi connectivity index (χ4v) is 5.86. The summed E-state index contributed by atoms with van der Waals surface area (Å²) in [5.74, 6) is 0.392. The Hall–Kier alpha value is -3.57. The van der Waals surface area contributed by atoms with Gasteiger partial charge in [0.1, 0.15) is 24.1 Å². The minimum absolute atomic E-state index is 0.0273. The van der Waals surface area contributed by atoms with Crippen LogP contribution in [0.3, 0.4) is 0 Å². The third-order valence-electron chi connectivity index (χ3n) is 6.63. The van der Waals surface area contributed by atoms with E-state index in [0.717, 1.165) is 27.2 Å². The largest absolute Gasteiger partial charge is 0.497 e. The molecule has 226 valence electrons. The van der Waals surface area contributed by atoms with Crippen LogP contribution in [0.2, 0.25) is 0 Å². The number of benzene rings is 3. The zero-order valence-electron chi connectivity index (χ0n) is 24.4. The lowest BCUT2D eigenvalue weighted by Gasteiger charge is -2.32. The highest BCUT2D eigenvalue weighted by Gasteiger charge is 2.32. The van der Waals surface area contributed by atoms with Crippen molar-refractivity contribution < 1.29 is 27.5 Å². The average Bonchev–Trinajstić information content (AvgIpc) is 2.99. The minimum atomic E-state index is -4.16. The first-order chi connectivity index (χ1) is 20.1. The number of anilines is 1. The molecule has 0 fully saturated rings. The van der Waals surface area contributed by atoms with E-state index >= 15 is 0 Å². The van der Waals surface area contributed by atoms with Gasteiger partial charge in [-0.2, -0.15) is 0 Å². The predicted molar refractivity (Wildman–Crippen MR) is 167 cm³/mol. The lowest BCUT2D eigenvalue weighted by Crippen LogP contribution is -2.51. The number of ether oxygens (including phenoxy) is 2. The number of hydrogen-bond acceptors (Lipinski definition) is 6. The Labute approximate surface area is 257 Å². The highest BCUT2D eigenvalue weighted by molar-refractivity contribution is 9.10. The van der Waals surface area contributed by atoms with E-state index in [9.17, 15) is 18.0 Å². The summed E-state index contributed by atoms with van der Waals surface area (Å²) in [5, 5.41) is 2.88. The second-order valence-electron chi connectivity index (χ2n) is 9.58. The summed E-state index contributed by atoms with van der Waals surface area (Å²) in [6.45, 7) is 6.05. The van der Waals surface area contributed by atoms with Crippen LogP contribution in [0.15, 0.2) is 82.2 Å². The molecule has 0 saturated heterocycles. The van der Waals surface area contributed by atoms with E-state index in [1.165, 1.54) is 17.0 Å². The molecule has 3 aromatic carbocycles. The van der Waals surface area contributed by atoms with Crippen molar-refractivity contribution in [2.75, 3.05) is 31.1 Å². The van der Waals surface area contributed by atoms with Crippen LogP contribution < -0.4 is 19.1 Å². The molecule has 3 rings (SSSR count). The predicted octanol–water partition coefficient (Wildman–Crippen LogP) is 5.39. The van der Waals surface area contributed by atoms with Crippen molar-refractivity contribution in [3.63, 3.8) is 0 Å². The molecule has 11 heteroatoms. The standard InChI is InChI=1S/C31H38BrN3O6S/c1-5-7-20-33-31(37)23(3)34(21-24-8-14-27(40-4)15-9-24)30(36)22-35(26-12-16-28(17-13-26)41-6-2)42(38,39)29-18-10-25(32)11-19-29/h8-19,23H,5-7,20-22H2,1-4H3,(H,33,37)/t23-/m1/s1. The van der Waals surface area contributed by atoms with Crippen molar-refractivity contribution in [1.29, 1.82) is 0 Å². The summed E-state index contributed by atoms with van der Waals surface area (Å²) in [4.78, 5) is 28.5. The summed E-state index contributed by atoms with van der Waals surface area (Å²) in [5.41, 5.74) is 1.06. The van der Waals surface area contributed by atoms with Crippen LogP contribution in [-0.2, 0) is 26.2 Å². The monoisotopic (exact) mass is 659 g/mol. The molecule has 42 heavy (non-hydrogen) atoms. The van der Waals surface area contributed by atoms with E-state index in [-0.39, 0.29) is 17.3 Å². The fourth-order valence-electron chi connectivity index (χ4n) is 4.18. The van der Waals surface area contributed by atoms with Crippen LogP contribution >= 0.6 is 15.9 Å². The van der Waals surface area contributed by atoms with Crippen molar-refractivity contribution in [1.82, 2.24) is 10.2 Å². The molecular formula is C31H38BrN3O6S. The number of nitrogens with zero attached hydrogens (tertiary/aromatic N) is 2. The number of methoxy groups -OCH3 is 1. The van der Waals surface area contributed by atoms with E-state index in [4.69, 9.17) is 9.47 Å². The van der Waals surface area contributed by atoms with E-state index in [0.29, 0.717) is 30.3 Å². The lowest BCUT2D eigenvalue weighted by molar-refractivity contribution is -0.139. The second-order valence-corrected chi connectivity index (χ2v) is 12.4. The van der Waals surface area contributed by atoms with Crippen LogP contribution in [0.5, 0.6) is 11.5 Å². The first-order valence-electron chi connectivity index (χ1n) is 13.8. The van der Waals surface area contributed by atoms with Gasteiger partial charge in [-0.05, 0) is 86.5 Å². The van der Waals surface area contributed by atoms with E-state index < -0.39 is 28.5 Å². The minimum Gasteiger partial charge on any atom is -0.497 e. The van der Waals surface area contributed by atoms with Gasteiger partial charge >= 0.3 is 0 Å². The molecule has 1 atom stereocenters. The Morgan fingerprint density at radius 2 is 1.55 bits per heavy atom. The number of carbonyl (C=O) groups is 2. The van der Waals surface area contributed by atoms with Gasteiger partial charge in [-0.3, -0.25) is 13.9 Å².